The van der Waals surface area contributed by atoms with Crippen LogP contribution in [0.3, 0.4) is 0 Å². The average Bonchev–Trinajstić information content (AvgIpc) is 2.52. The second-order valence-corrected chi connectivity index (χ2v) is 5.12. The lowest BCUT2D eigenvalue weighted by Crippen LogP contribution is -2.44. The highest BCUT2D eigenvalue weighted by Gasteiger charge is 2.27. The first-order valence-electron chi connectivity index (χ1n) is 6.78. The van der Waals surface area contributed by atoms with Gasteiger partial charge in [-0.05, 0) is 18.8 Å². The molecular weight excluding hydrogens is 301 g/mol. The molecular formula is C14H15F3N2O3. The van der Waals surface area contributed by atoms with E-state index in [9.17, 15) is 22.8 Å². The van der Waals surface area contributed by atoms with Crippen LogP contribution in [0.5, 0.6) is 0 Å². The quantitative estimate of drug-likeness (QED) is 0.638. The first-order chi connectivity index (χ1) is 10.4. The van der Waals surface area contributed by atoms with Crippen LogP contribution in [0.25, 0.3) is 0 Å². The van der Waals surface area contributed by atoms with E-state index >= 15 is 0 Å². The van der Waals surface area contributed by atoms with Gasteiger partial charge in [0.15, 0.2) is 11.6 Å². The molecule has 2 rings (SSSR count). The number of anilines is 1. The van der Waals surface area contributed by atoms with Crippen molar-refractivity contribution in [1.29, 1.82) is 0 Å². The van der Waals surface area contributed by atoms with Crippen molar-refractivity contribution in [2.24, 2.45) is 5.92 Å². The molecule has 1 aliphatic heterocycles. The van der Waals surface area contributed by atoms with Gasteiger partial charge in [-0.15, -0.1) is 0 Å². The number of rotatable bonds is 2. The summed E-state index contributed by atoms with van der Waals surface area (Å²) in [5, 5.41) is 10.9. The van der Waals surface area contributed by atoms with Crippen molar-refractivity contribution in [2.75, 3.05) is 25.0 Å². The van der Waals surface area contributed by atoms with Crippen LogP contribution < -0.4 is 5.32 Å². The van der Waals surface area contributed by atoms with Crippen molar-refractivity contribution in [1.82, 2.24) is 4.90 Å². The van der Waals surface area contributed by atoms with E-state index in [0.29, 0.717) is 38.1 Å². The van der Waals surface area contributed by atoms with Gasteiger partial charge in [-0.3, -0.25) is 9.59 Å². The molecule has 0 radical (unpaired) electrons. The molecule has 2 amide bonds. The molecule has 0 aromatic heterocycles. The molecule has 1 saturated heterocycles. The highest BCUT2D eigenvalue weighted by Crippen LogP contribution is 2.20. The normalized spacial score (nSPS) is 15.7. The van der Waals surface area contributed by atoms with Gasteiger partial charge in [-0.2, -0.15) is 0 Å². The van der Waals surface area contributed by atoms with Crippen LogP contribution in [-0.2, 0) is 9.59 Å². The van der Waals surface area contributed by atoms with Crippen molar-refractivity contribution in [3.05, 3.63) is 29.6 Å². The van der Waals surface area contributed by atoms with Crippen LogP contribution in [0.2, 0.25) is 0 Å². The largest absolute Gasteiger partial charge is 0.396 e. The molecule has 0 spiro atoms. The predicted molar refractivity (Wildman–Crippen MR) is 71.3 cm³/mol. The molecule has 0 atom stereocenters. The van der Waals surface area contributed by atoms with Gasteiger partial charge in [0.2, 0.25) is 0 Å². The molecule has 5 nitrogen and oxygen atoms in total. The van der Waals surface area contributed by atoms with Crippen LogP contribution >= 0.6 is 0 Å². The number of nitrogens with one attached hydrogen (secondary N) is 1. The molecule has 0 saturated carbocycles. The van der Waals surface area contributed by atoms with Crippen molar-refractivity contribution < 1.29 is 27.9 Å². The maximum atomic E-state index is 13.4. The van der Waals surface area contributed by atoms with E-state index in [1.807, 2.05) is 5.32 Å². The second-order valence-electron chi connectivity index (χ2n) is 5.12. The van der Waals surface area contributed by atoms with Gasteiger partial charge in [0, 0.05) is 31.8 Å². The highest BCUT2D eigenvalue weighted by atomic mass is 19.2. The number of halogens is 3. The third-order valence-electron chi connectivity index (χ3n) is 3.61. The van der Waals surface area contributed by atoms with Crippen LogP contribution in [0, 0.1) is 23.4 Å². The van der Waals surface area contributed by atoms with Crippen molar-refractivity contribution in [3.8, 4) is 0 Å². The molecule has 1 aromatic carbocycles. The molecule has 22 heavy (non-hydrogen) atoms. The van der Waals surface area contributed by atoms with Gasteiger partial charge in [0.25, 0.3) is 0 Å². The predicted octanol–water partition coefficient (Wildman–Crippen LogP) is 1.27. The zero-order chi connectivity index (χ0) is 16.3. The standard InChI is InChI=1S/C14H15F3N2O3/c15-9-5-11(17)12(6-10(9)16)18-13(21)14(22)19-3-1-8(7-20)2-4-19/h5-6,8,20H,1-4,7H2,(H,18,21). The number of aliphatic hydroxyl groups excluding tert-OH is 1. The van der Waals surface area contributed by atoms with E-state index in [-0.39, 0.29) is 12.5 Å². The minimum atomic E-state index is -1.38. The lowest BCUT2D eigenvalue weighted by atomic mass is 9.98. The zero-order valence-electron chi connectivity index (χ0n) is 11.6. The molecule has 0 aliphatic carbocycles. The van der Waals surface area contributed by atoms with Crippen LogP contribution in [0.4, 0.5) is 18.9 Å². The SMILES string of the molecule is O=C(Nc1cc(F)c(F)cc1F)C(=O)N1CCC(CO)CC1. The van der Waals surface area contributed by atoms with Crippen LogP contribution in [0.1, 0.15) is 12.8 Å². The summed E-state index contributed by atoms with van der Waals surface area (Å²) in [5.41, 5.74) is -0.595. The topological polar surface area (TPSA) is 69.6 Å². The van der Waals surface area contributed by atoms with Crippen LogP contribution in [-0.4, -0.2) is 41.5 Å². The summed E-state index contributed by atoms with van der Waals surface area (Å²) in [7, 11) is 0. The summed E-state index contributed by atoms with van der Waals surface area (Å²) < 4.78 is 39.2. The smallest absolute Gasteiger partial charge is 0.313 e. The first kappa shape index (κ1) is 16.3. The summed E-state index contributed by atoms with van der Waals surface area (Å²) in [6, 6.07) is 0.774. The van der Waals surface area contributed by atoms with Gasteiger partial charge in [-0.1, -0.05) is 0 Å². The number of amides is 2. The molecule has 1 heterocycles. The highest BCUT2D eigenvalue weighted by molar-refractivity contribution is 6.39. The fourth-order valence-corrected chi connectivity index (χ4v) is 2.26. The van der Waals surface area contributed by atoms with E-state index in [2.05, 4.69) is 0 Å². The number of likely N-dealkylation sites (tertiary alicyclic amines) is 1. The maximum absolute atomic E-state index is 13.4. The molecule has 1 aliphatic rings. The Balaban J connectivity index is 2.00. The van der Waals surface area contributed by atoms with Crippen LogP contribution in [0.15, 0.2) is 12.1 Å². The number of benzene rings is 1. The number of hydrogen-bond acceptors (Lipinski definition) is 3. The van der Waals surface area contributed by atoms with Gasteiger partial charge < -0.3 is 15.3 Å². The molecule has 120 valence electrons. The Labute approximate surface area is 124 Å². The second kappa shape index (κ2) is 6.78. The minimum absolute atomic E-state index is 0.0221. The summed E-state index contributed by atoms with van der Waals surface area (Å²) in [6.07, 6.45) is 1.13. The number of hydrogen-bond donors (Lipinski definition) is 2. The first-order valence-corrected chi connectivity index (χ1v) is 6.78. The molecule has 0 unspecified atom stereocenters. The summed E-state index contributed by atoms with van der Waals surface area (Å²) in [5.74, 6) is -5.77. The van der Waals surface area contributed by atoms with Crippen molar-refractivity contribution in [2.45, 2.75) is 12.8 Å². The molecule has 8 heteroatoms. The summed E-state index contributed by atoms with van der Waals surface area (Å²) in [6.45, 7) is 0.629. The minimum Gasteiger partial charge on any atom is -0.396 e. The monoisotopic (exact) mass is 316 g/mol. The fraction of sp³-hybridized carbons (Fsp3) is 0.429. The number of piperidine rings is 1. The van der Waals surface area contributed by atoms with Crippen molar-refractivity contribution in [3.63, 3.8) is 0 Å². The Morgan fingerprint density at radius 2 is 1.73 bits per heavy atom. The fourth-order valence-electron chi connectivity index (χ4n) is 2.26. The Kier molecular flexibility index (Phi) is 5.02. The number of nitrogens with zero attached hydrogens (tertiary/aromatic N) is 1. The Bertz CT molecular complexity index is 587. The van der Waals surface area contributed by atoms with Gasteiger partial charge in [-0.25, -0.2) is 13.2 Å². The Hall–Kier alpha value is -2.09. The van der Waals surface area contributed by atoms with E-state index in [0.717, 1.165) is 0 Å². The average molecular weight is 316 g/mol. The third-order valence-corrected chi connectivity index (χ3v) is 3.61. The van der Waals surface area contributed by atoms with Gasteiger partial charge >= 0.3 is 11.8 Å². The summed E-state index contributed by atoms with van der Waals surface area (Å²) >= 11 is 0. The Morgan fingerprint density at radius 3 is 2.32 bits per heavy atom. The van der Waals surface area contributed by atoms with E-state index in [1.165, 1.54) is 4.90 Å². The molecule has 1 aromatic rings. The lowest BCUT2D eigenvalue weighted by molar-refractivity contribution is -0.144. The zero-order valence-corrected chi connectivity index (χ0v) is 11.6. The number of carbonyl (C=O) groups is 2. The van der Waals surface area contributed by atoms with Gasteiger partial charge in [0.05, 0.1) is 5.69 Å². The van der Waals surface area contributed by atoms with E-state index < -0.39 is 35.0 Å². The lowest BCUT2D eigenvalue weighted by Gasteiger charge is -2.30. The Morgan fingerprint density at radius 1 is 1.14 bits per heavy atom. The maximum Gasteiger partial charge on any atom is 0.313 e. The van der Waals surface area contributed by atoms with Crippen molar-refractivity contribution >= 4 is 17.5 Å². The van der Waals surface area contributed by atoms with E-state index in [4.69, 9.17) is 5.11 Å². The molecule has 1 fully saturated rings. The third kappa shape index (κ3) is 3.56. The van der Waals surface area contributed by atoms with E-state index in [1.54, 1.807) is 0 Å². The number of aliphatic hydroxyl groups is 1. The summed E-state index contributed by atoms with van der Waals surface area (Å²) in [4.78, 5) is 25.0. The van der Waals surface area contributed by atoms with Gasteiger partial charge in [0.1, 0.15) is 5.82 Å². The molecule has 2 N–H and O–H groups in total. The molecule has 0 bridgehead atoms. The number of carbonyl (C=O) groups excluding carboxylic acids is 2.